The Hall–Kier alpha value is -1.56. The molecule has 0 heterocycles. The molecule has 1 aromatic carbocycles. The van der Waals surface area contributed by atoms with Crippen molar-refractivity contribution in [2.75, 3.05) is 0 Å². The van der Waals surface area contributed by atoms with E-state index in [1.165, 1.54) is 12.1 Å². The summed E-state index contributed by atoms with van der Waals surface area (Å²) >= 11 is 0. The number of halogens is 3. The fourth-order valence-electron chi connectivity index (χ4n) is 1.57. The van der Waals surface area contributed by atoms with Crippen LogP contribution in [0.3, 0.4) is 0 Å². The molecule has 0 aliphatic heterocycles. The minimum Gasteiger partial charge on any atom is -0.368 e. The number of hydrogen-bond acceptors (Lipinski definition) is 2. The van der Waals surface area contributed by atoms with Crippen molar-refractivity contribution in [1.82, 2.24) is 5.32 Å². The molecule has 1 amide bonds. The Bertz CT molecular complexity index is 430. The summed E-state index contributed by atoms with van der Waals surface area (Å²) in [6.45, 7) is 3.56. The molecule has 0 saturated carbocycles. The first kappa shape index (κ1) is 14.5. The monoisotopic (exact) mass is 260 g/mol. The van der Waals surface area contributed by atoms with Crippen LogP contribution >= 0.6 is 0 Å². The lowest BCUT2D eigenvalue weighted by Crippen LogP contribution is -2.37. The number of alkyl halides is 3. The normalized spacial score (nSPS) is 13.7. The maximum Gasteiger partial charge on any atom is 0.416 e. The predicted molar refractivity (Wildman–Crippen MR) is 61.7 cm³/mol. The van der Waals surface area contributed by atoms with Crippen LogP contribution in [0.15, 0.2) is 24.3 Å². The number of carbonyl (C=O) groups is 1. The van der Waals surface area contributed by atoms with Crippen molar-refractivity contribution < 1.29 is 18.0 Å². The first-order chi connectivity index (χ1) is 8.21. The molecule has 3 nitrogen and oxygen atoms in total. The highest BCUT2D eigenvalue weighted by atomic mass is 19.4. The molecule has 1 rings (SSSR count). The molecule has 100 valence electrons. The maximum atomic E-state index is 12.6. The van der Waals surface area contributed by atoms with E-state index in [4.69, 9.17) is 5.73 Å². The average Bonchev–Trinajstić information content (AvgIpc) is 2.24. The molecular formula is C12H15F3N2O. The molecule has 0 spiro atoms. The largest absolute Gasteiger partial charge is 0.416 e. The van der Waals surface area contributed by atoms with E-state index in [9.17, 15) is 18.0 Å². The van der Waals surface area contributed by atoms with Crippen LogP contribution in [-0.2, 0) is 11.0 Å². The van der Waals surface area contributed by atoms with Crippen LogP contribution in [-0.4, -0.2) is 11.9 Å². The van der Waals surface area contributed by atoms with Crippen LogP contribution in [0, 0.1) is 0 Å². The maximum absolute atomic E-state index is 12.6. The fraction of sp³-hybridized carbons (Fsp3) is 0.417. The van der Waals surface area contributed by atoms with Gasteiger partial charge >= 0.3 is 6.18 Å². The minimum absolute atomic E-state index is 0.0722. The highest BCUT2D eigenvalue weighted by Crippen LogP contribution is 2.30. The summed E-state index contributed by atoms with van der Waals surface area (Å²) < 4.78 is 37.7. The van der Waals surface area contributed by atoms with Crippen molar-refractivity contribution >= 4 is 5.91 Å². The second-order valence-electron chi connectivity index (χ2n) is 4.28. The molecule has 0 bridgehead atoms. The van der Waals surface area contributed by atoms with Crippen LogP contribution in [0.4, 0.5) is 13.2 Å². The number of carbonyl (C=O) groups excluding carboxylic acids is 1. The lowest BCUT2D eigenvalue weighted by atomic mass is 10.0. The summed E-state index contributed by atoms with van der Waals surface area (Å²) in [5.74, 6) is -0.706. The van der Waals surface area contributed by atoms with Crippen molar-refractivity contribution in [3.8, 4) is 0 Å². The highest BCUT2D eigenvalue weighted by Gasteiger charge is 2.31. The van der Waals surface area contributed by atoms with E-state index in [1.54, 1.807) is 13.8 Å². The first-order valence-electron chi connectivity index (χ1n) is 5.44. The molecule has 18 heavy (non-hydrogen) atoms. The standard InChI is InChI=1S/C12H15F3N2O/c1-7(2)17-10(11(16)18)8-4-3-5-9(6-8)12(13,14)15/h3-7,10,17H,1-2H3,(H2,16,18). The second kappa shape index (κ2) is 5.39. The zero-order valence-electron chi connectivity index (χ0n) is 10.1. The number of rotatable bonds is 4. The van der Waals surface area contributed by atoms with E-state index in [-0.39, 0.29) is 11.6 Å². The summed E-state index contributed by atoms with van der Waals surface area (Å²) in [5, 5.41) is 2.83. The van der Waals surface area contributed by atoms with Gasteiger partial charge in [-0.15, -0.1) is 0 Å². The first-order valence-corrected chi connectivity index (χ1v) is 5.44. The van der Waals surface area contributed by atoms with Gasteiger partial charge in [0.05, 0.1) is 5.56 Å². The molecule has 0 aliphatic carbocycles. The van der Waals surface area contributed by atoms with Crippen molar-refractivity contribution in [2.45, 2.75) is 32.1 Å². The Labute approximate surface area is 103 Å². The summed E-state index contributed by atoms with van der Waals surface area (Å²) in [5.41, 5.74) is 4.61. The minimum atomic E-state index is -4.43. The molecule has 1 unspecified atom stereocenters. The molecule has 1 atom stereocenters. The quantitative estimate of drug-likeness (QED) is 0.872. The lowest BCUT2D eigenvalue weighted by Gasteiger charge is -2.19. The van der Waals surface area contributed by atoms with E-state index in [1.807, 2.05) is 0 Å². The van der Waals surface area contributed by atoms with Gasteiger partial charge in [0.15, 0.2) is 0 Å². The third-order valence-electron chi connectivity index (χ3n) is 2.33. The number of primary amides is 1. The van der Waals surface area contributed by atoms with Crippen LogP contribution in [0.25, 0.3) is 0 Å². The Balaban J connectivity index is 3.10. The zero-order chi connectivity index (χ0) is 13.9. The Morgan fingerprint density at radius 1 is 1.33 bits per heavy atom. The summed E-state index contributed by atoms with van der Waals surface area (Å²) in [6.07, 6.45) is -4.43. The Morgan fingerprint density at radius 3 is 2.39 bits per heavy atom. The number of amides is 1. The summed E-state index contributed by atoms with van der Waals surface area (Å²) in [4.78, 5) is 11.3. The average molecular weight is 260 g/mol. The van der Waals surface area contributed by atoms with Crippen molar-refractivity contribution in [3.63, 3.8) is 0 Å². The number of hydrogen-bond donors (Lipinski definition) is 2. The van der Waals surface area contributed by atoms with Crippen molar-refractivity contribution in [2.24, 2.45) is 5.73 Å². The van der Waals surface area contributed by atoms with Crippen molar-refractivity contribution in [3.05, 3.63) is 35.4 Å². The molecule has 3 N–H and O–H groups in total. The number of nitrogens with one attached hydrogen (secondary N) is 1. The van der Waals surface area contributed by atoms with Gasteiger partial charge in [-0.3, -0.25) is 10.1 Å². The van der Waals surface area contributed by atoms with E-state index >= 15 is 0 Å². The zero-order valence-corrected chi connectivity index (χ0v) is 10.1. The molecule has 6 heteroatoms. The Kier molecular flexibility index (Phi) is 4.34. The van der Waals surface area contributed by atoms with Gasteiger partial charge in [0, 0.05) is 6.04 Å². The van der Waals surface area contributed by atoms with Crippen molar-refractivity contribution in [1.29, 1.82) is 0 Å². The van der Waals surface area contributed by atoms with E-state index in [0.29, 0.717) is 0 Å². The summed E-state index contributed by atoms with van der Waals surface area (Å²) in [6, 6.07) is 3.60. The van der Waals surface area contributed by atoms with E-state index < -0.39 is 23.7 Å². The topological polar surface area (TPSA) is 55.1 Å². The van der Waals surface area contributed by atoms with Crippen LogP contribution in [0.2, 0.25) is 0 Å². The van der Waals surface area contributed by atoms with Crippen LogP contribution < -0.4 is 11.1 Å². The van der Waals surface area contributed by atoms with Gasteiger partial charge in [-0.25, -0.2) is 0 Å². The molecule has 0 radical (unpaired) electrons. The third-order valence-corrected chi connectivity index (χ3v) is 2.33. The SMILES string of the molecule is CC(C)NC(C(N)=O)c1cccc(C(F)(F)F)c1. The van der Waals surface area contributed by atoms with Gasteiger partial charge in [-0.1, -0.05) is 12.1 Å². The summed E-state index contributed by atoms with van der Waals surface area (Å²) in [7, 11) is 0. The molecule has 0 saturated heterocycles. The molecule has 1 aromatic rings. The third kappa shape index (κ3) is 3.73. The highest BCUT2D eigenvalue weighted by molar-refractivity contribution is 5.81. The number of nitrogens with two attached hydrogens (primary N) is 1. The fourth-order valence-corrected chi connectivity index (χ4v) is 1.57. The molecule has 0 aromatic heterocycles. The molecule has 0 fully saturated rings. The van der Waals surface area contributed by atoms with Crippen LogP contribution in [0.5, 0.6) is 0 Å². The van der Waals surface area contributed by atoms with E-state index in [0.717, 1.165) is 12.1 Å². The van der Waals surface area contributed by atoms with Crippen LogP contribution in [0.1, 0.15) is 31.0 Å². The van der Waals surface area contributed by atoms with Gasteiger partial charge in [-0.05, 0) is 31.5 Å². The van der Waals surface area contributed by atoms with Gasteiger partial charge in [0.25, 0.3) is 0 Å². The predicted octanol–water partition coefficient (Wildman–Crippen LogP) is 2.23. The molecular weight excluding hydrogens is 245 g/mol. The van der Waals surface area contributed by atoms with Gasteiger partial charge in [-0.2, -0.15) is 13.2 Å². The smallest absolute Gasteiger partial charge is 0.368 e. The van der Waals surface area contributed by atoms with Gasteiger partial charge < -0.3 is 5.73 Å². The lowest BCUT2D eigenvalue weighted by molar-refractivity contribution is -0.137. The van der Waals surface area contributed by atoms with E-state index in [2.05, 4.69) is 5.32 Å². The molecule has 0 aliphatic rings. The number of benzene rings is 1. The second-order valence-corrected chi connectivity index (χ2v) is 4.28. The Morgan fingerprint density at radius 2 is 1.94 bits per heavy atom. The van der Waals surface area contributed by atoms with Gasteiger partial charge in [0.1, 0.15) is 6.04 Å². The van der Waals surface area contributed by atoms with Gasteiger partial charge in [0.2, 0.25) is 5.91 Å².